The molecule has 2 saturated heterocycles. The minimum atomic E-state index is -0.467. The zero-order chi connectivity index (χ0) is 21.6. The summed E-state index contributed by atoms with van der Waals surface area (Å²) in [5, 5.41) is 0. The number of imidazole rings is 1. The summed E-state index contributed by atoms with van der Waals surface area (Å²) in [5.41, 5.74) is -0.403. The normalized spacial score (nSPS) is 22.2. The average Bonchev–Trinajstić information content (AvgIpc) is 3.12. The quantitative estimate of drug-likeness (QED) is 0.722. The van der Waals surface area contributed by atoms with Crippen molar-refractivity contribution in [1.82, 2.24) is 14.5 Å². The summed E-state index contributed by atoms with van der Waals surface area (Å²) in [5.74, 6) is 1.03. The second kappa shape index (κ2) is 7.62. The molecule has 0 atom stereocenters. The monoisotopic (exact) mass is 405 g/mol. The molecule has 2 aliphatic heterocycles. The molecular weight excluding hydrogens is 369 g/mol. The maximum Gasteiger partial charge on any atom is 0.516 e. The number of carbonyl (C=O) groups is 1. The van der Waals surface area contributed by atoms with Gasteiger partial charge in [-0.25, -0.2) is 9.78 Å². The molecule has 2 fully saturated rings. The Labute approximate surface area is 175 Å². The Kier molecular flexibility index (Phi) is 5.82. The van der Waals surface area contributed by atoms with Crippen LogP contribution in [0.4, 0.5) is 4.79 Å². The Morgan fingerprint density at radius 2 is 1.76 bits per heavy atom. The summed E-state index contributed by atoms with van der Waals surface area (Å²) in [6.07, 6.45) is 4.45. The van der Waals surface area contributed by atoms with Crippen LogP contribution in [-0.4, -0.2) is 57.6 Å². The van der Waals surface area contributed by atoms with E-state index in [2.05, 4.69) is 45.4 Å². The van der Waals surface area contributed by atoms with Gasteiger partial charge in [-0.1, -0.05) is 6.92 Å². The van der Waals surface area contributed by atoms with Crippen LogP contribution in [0, 0.1) is 0 Å². The van der Waals surface area contributed by atoms with Gasteiger partial charge in [0, 0.05) is 31.7 Å². The molecule has 0 radical (unpaired) electrons. The highest BCUT2D eigenvalue weighted by Crippen LogP contribution is 2.36. The van der Waals surface area contributed by atoms with E-state index in [1.807, 2.05) is 20.8 Å². The largest absolute Gasteiger partial charge is 0.516 e. The van der Waals surface area contributed by atoms with Crippen LogP contribution in [-0.2, 0) is 20.5 Å². The van der Waals surface area contributed by atoms with Crippen LogP contribution in [0.1, 0.15) is 80.1 Å². The van der Waals surface area contributed by atoms with E-state index in [1.165, 1.54) is 0 Å². The molecule has 0 bridgehead atoms. The van der Waals surface area contributed by atoms with Crippen molar-refractivity contribution in [3.8, 4) is 0 Å². The Hall–Kier alpha value is -1.54. The minimum absolute atomic E-state index is 0.227. The second-order valence-corrected chi connectivity index (χ2v) is 10.1. The van der Waals surface area contributed by atoms with Gasteiger partial charge in [0.25, 0.3) is 0 Å². The van der Waals surface area contributed by atoms with Gasteiger partial charge in [0.15, 0.2) is 0 Å². The predicted molar refractivity (Wildman–Crippen MR) is 113 cm³/mol. The minimum Gasteiger partial charge on any atom is -0.444 e. The Balaban J connectivity index is 1.69. The number of ether oxygens (including phenoxy) is 1. The average molecular weight is 405 g/mol. The summed E-state index contributed by atoms with van der Waals surface area (Å²) >= 11 is 0. The molecule has 7 nitrogen and oxygen atoms in total. The SMILES string of the molecule is CCc1nc(B2OC(C)(C)C(C)(C)O2)cn1C1CCN(C(=O)OC(C)(C)C)CC1. The van der Waals surface area contributed by atoms with E-state index in [1.54, 1.807) is 4.90 Å². The first-order chi connectivity index (χ1) is 13.3. The van der Waals surface area contributed by atoms with Crippen molar-refractivity contribution >= 4 is 18.8 Å². The fourth-order valence-electron chi connectivity index (χ4n) is 3.76. The number of hydrogen-bond acceptors (Lipinski definition) is 5. The molecule has 29 heavy (non-hydrogen) atoms. The molecule has 0 N–H and O–H groups in total. The molecule has 8 heteroatoms. The van der Waals surface area contributed by atoms with Crippen molar-refractivity contribution in [1.29, 1.82) is 0 Å². The van der Waals surface area contributed by atoms with Crippen molar-refractivity contribution in [2.45, 2.75) is 97.5 Å². The van der Waals surface area contributed by atoms with E-state index >= 15 is 0 Å². The number of hydrogen-bond donors (Lipinski definition) is 0. The first kappa shape index (κ1) is 22.2. The van der Waals surface area contributed by atoms with Crippen molar-refractivity contribution < 1.29 is 18.8 Å². The van der Waals surface area contributed by atoms with E-state index in [0.717, 1.165) is 30.7 Å². The molecule has 0 saturated carbocycles. The van der Waals surface area contributed by atoms with Crippen molar-refractivity contribution in [3.05, 3.63) is 12.0 Å². The molecule has 1 aromatic rings. The number of amides is 1. The Morgan fingerprint density at radius 3 is 2.24 bits per heavy atom. The van der Waals surface area contributed by atoms with Crippen LogP contribution in [0.3, 0.4) is 0 Å². The molecule has 0 aliphatic carbocycles. The molecular formula is C21H36BN3O4. The molecule has 1 aromatic heterocycles. The highest BCUT2D eigenvalue weighted by atomic mass is 16.7. The third-order valence-corrected chi connectivity index (χ3v) is 6.15. The summed E-state index contributed by atoms with van der Waals surface area (Å²) in [4.78, 5) is 19.0. The Bertz CT molecular complexity index is 730. The molecule has 3 heterocycles. The fraction of sp³-hybridized carbons (Fsp3) is 0.810. The van der Waals surface area contributed by atoms with E-state index in [4.69, 9.17) is 19.0 Å². The fourth-order valence-corrected chi connectivity index (χ4v) is 3.76. The summed E-state index contributed by atoms with van der Waals surface area (Å²) < 4.78 is 20.1. The van der Waals surface area contributed by atoms with Gasteiger partial charge in [-0.15, -0.1) is 0 Å². The lowest BCUT2D eigenvalue weighted by molar-refractivity contribution is 0.00578. The molecule has 162 valence electrons. The maximum absolute atomic E-state index is 12.3. The molecule has 0 spiro atoms. The van der Waals surface area contributed by atoms with Gasteiger partial charge in [-0.3, -0.25) is 0 Å². The third kappa shape index (κ3) is 4.63. The number of carbonyl (C=O) groups excluding carboxylic acids is 1. The lowest BCUT2D eigenvalue weighted by Gasteiger charge is -2.34. The zero-order valence-corrected chi connectivity index (χ0v) is 19.2. The highest BCUT2D eigenvalue weighted by molar-refractivity contribution is 6.61. The number of aromatic nitrogens is 2. The van der Waals surface area contributed by atoms with Crippen molar-refractivity contribution in [3.63, 3.8) is 0 Å². The van der Waals surface area contributed by atoms with Gasteiger partial charge in [0.2, 0.25) is 0 Å². The summed E-state index contributed by atoms with van der Waals surface area (Å²) in [7, 11) is -0.451. The summed E-state index contributed by atoms with van der Waals surface area (Å²) in [6, 6.07) is 0.312. The smallest absolute Gasteiger partial charge is 0.444 e. The van der Waals surface area contributed by atoms with Crippen LogP contribution in [0.2, 0.25) is 0 Å². The first-order valence-electron chi connectivity index (χ1n) is 10.7. The van der Waals surface area contributed by atoms with Crippen molar-refractivity contribution in [2.75, 3.05) is 13.1 Å². The van der Waals surface area contributed by atoms with Gasteiger partial charge in [-0.2, -0.15) is 0 Å². The highest BCUT2D eigenvalue weighted by Gasteiger charge is 2.52. The van der Waals surface area contributed by atoms with Gasteiger partial charge in [-0.05, 0) is 61.3 Å². The van der Waals surface area contributed by atoms with Crippen LogP contribution in [0.15, 0.2) is 6.20 Å². The first-order valence-corrected chi connectivity index (χ1v) is 10.7. The van der Waals surface area contributed by atoms with Crippen LogP contribution < -0.4 is 5.59 Å². The van der Waals surface area contributed by atoms with Gasteiger partial charge >= 0.3 is 13.2 Å². The number of likely N-dealkylation sites (tertiary alicyclic amines) is 1. The lowest BCUT2D eigenvalue weighted by Crippen LogP contribution is -2.42. The van der Waals surface area contributed by atoms with Crippen LogP contribution in [0.5, 0.6) is 0 Å². The van der Waals surface area contributed by atoms with E-state index in [0.29, 0.717) is 19.1 Å². The maximum atomic E-state index is 12.3. The number of nitrogens with zero attached hydrogens (tertiary/aromatic N) is 3. The number of rotatable bonds is 3. The Morgan fingerprint density at radius 1 is 1.21 bits per heavy atom. The zero-order valence-electron chi connectivity index (χ0n) is 19.2. The van der Waals surface area contributed by atoms with E-state index in [-0.39, 0.29) is 17.3 Å². The molecule has 2 aliphatic rings. The van der Waals surface area contributed by atoms with E-state index in [9.17, 15) is 4.79 Å². The van der Waals surface area contributed by atoms with Gasteiger partial charge < -0.3 is 23.5 Å². The van der Waals surface area contributed by atoms with Gasteiger partial charge in [0.05, 0.1) is 16.8 Å². The van der Waals surface area contributed by atoms with Crippen molar-refractivity contribution in [2.24, 2.45) is 0 Å². The second-order valence-electron chi connectivity index (χ2n) is 10.1. The number of piperidine rings is 1. The van der Waals surface area contributed by atoms with Crippen LogP contribution >= 0.6 is 0 Å². The lowest BCUT2D eigenvalue weighted by atomic mass is 9.85. The standard InChI is InChI=1S/C21H36BN3O4/c1-9-17-23-16(22-28-20(5,6)21(7,8)29-22)14-25(17)15-10-12-24(13-11-15)18(26)27-19(2,3)4/h14-15H,9-13H2,1-8H3. The summed E-state index contributed by atoms with van der Waals surface area (Å²) in [6.45, 7) is 17.4. The third-order valence-electron chi connectivity index (χ3n) is 6.15. The molecule has 1 amide bonds. The predicted octanol–water partition coefficient (Wildman–Crippen LogP) is 3.32. The molecule has 3 rings (SSSR count). The van der Waals surface area contributed by atoms with Gasteiger partial charge in [0.1, 0.15) is 11.4 Å². The van der Waals surface area contributed by atoms with Crippen LogP contribution in [0.25, 0.3) is 0 Å². The number of aryl methyl sites for hydroxylation is 1. The topological polar surface area (TPSA) is 65.8 Å². The molecule has 0 aromatic carbocycles. The van der Waals surface area contributed by atoms with E-state index < -0.39 is 12.7 Å². The molecule has 0 unspecified atom stereocenters.